The van der Waals surface area contributed by atoms with Gasteiger partial charge in [0, 0.05) is 13.6 Å². The molecule has 29 heavy (non-hydrogen) atoms. The first-order valence-corrected chi connectivity index (χ1v) is 9.69. The maximum atomic E-state index is 12.8. The van der Waals surface area contributed by atoms with E-state index in [0.717, 1.165) is 6.07 Å². The molecule has 0 bridgehead atoms. The molecule has 0 atom stereocenters. The number of halogens is 2. The molecule has 11 heteroatoms. The molecule has 0 aliphatic carbocycles. The fraction of sp³-hybridized carbons (Fsp3) is 0.278. The smallest absolute Gasteiger partial charge is 0.387 e. The number of alkyl halides is 2. The maximum absolute atomic E-state index is 12.8. The standard InChI is InChI=1S/C18H20F2N2O6S/c1-22(10-11-4-6-15(28-18(19)20)16(8-11)27-3)17(23)13-9-12(29(21,24)25)5-7-14(13)26-2/h4-9,18H,10H2,1-3H3,(H2,21,24,25). The lowest BCUT2D eigenvalue weighted by Gasteiger charge is -2.20. The number of methoxy groups -OCH3 is 2. The van der Waals surface area contributed by atoms with Crippen LogP contribution in [0.3, 0.4) is 0 Å². The summed E-state index contributed by atoms with van der Waals surface area (Å²) in [6, 6.07) is 7.97. The second kappa shape index (κ2) is 9.05. The molecule has 0 aliphatic heterocycles. The molecule has 0 saturated heterocycles. The highest BCUT2D eigenvalue weighted by Gasteiger charge is 2.21. The largest absolute Gasteiger partial charge is 0.496 e. The minimum Gasteiger partial charge on any atom is -0.496 e. The molecule has 158 valence electrons. The lowest BCUT2D eigenvalue weighted by Crippen LogP contribution is -2.27. The van der Waals surface area contributed by atoms with Crippen molar-refractivity contribution >= 4 is 15.9 Å². The summed E-state index contributed by atoms with van der Waals surface area (Å²) < 4.78 is 62.6. The SMILES string of the molecule is COc1cc(CN(C)C(=O)c2cc(S(N)(=O)=O)ccc2OC)ccc1OC(F)F. The minimum absolute atomic E-state index is 0.00569. The van der Waals surface area contributed by atoms with Crippen molar-refractivity contribution in [3.63, 3.8) is 0 Å². The van der Waals surface area contributed by atoms with E-state index in [9.17, 15) is 22.0 Å². The zero-order valence-electron chi connectivity index (χ0n) is 15.9. The highest BCUT2D eigenvalue weighted by atomic mass is 32.2. The van der Waals surface area contributed by atoms with Gasteiger partial charge in [-0.3, -0.25) is 4.79 Å². The molecule has 0 aromatic heterocycles. The molecular weight excluding hydrogens is 410 g/mol. The van der Waals surface area contributed by atoms with Crippen molar-refractivity contribution < 1.29 is 36.2 Å². The van der Waals surface area contributed by atoms with E-state index in [1.165, 1.54) is 56.5 Å². The predicted molar refractivity (Wildman–Crippen MR) is 99.8 cm³/mol. The van der Waals surface area contributed by atoms with Crippen LogP contribution in [-0.2, 0) is 16.6 Å². The van der Waals surface area contributed by atoms with Gasteiger partial charge in [0.05, 0.1) is 24.7 Å². The molecule has 1 amide bonds. The Hall–Kier alpha value is -2.92. The van der Waals surface area contributed by atoms with Crippen molar-refractivity contribution in [1.82, 2.24) is 4.90 Å². The van der Waals surface area contributed by atoms with E-state index < -0.39 is 22.5 Å². The Morgan fingerprint density at radius 3 is 2.24 bits per heavy atom. The maximum Gasteiger partial charge on any atom is 0.387 e. The monoisotopic (exact) mass is 430 g/mol. The van der Waals surface area contributed by atoms with Crippen LogP contribution >= 0.6 is 0 Å². The van der Waals surface area contributed by atoms with E-state index in [0.29, 0.717) is 5.56 Å². The van der Waals surface area contributed by atoms with Gasteiger partial charge in [-0.15, -0.1) is 0 Å². The Labute approximate surface area is 166 Å². The second-order valence-corrected chi connectivity index (χ2v) is 7.49. The van der Waals surface area contributed by atoms with E-state index in [-0.39, 0.29) is 34.3 Å². The number of carbonyl (C=O) groups excluding carboxylic acids is 1. The third-order valence-corrected chi connectivity index (χ3v) is 4.85. The molecule has 0 radical (unpaired) electrons. The fourth-order valence-corrected chi connectivity index (χ4v) is 3.13. The van der Waals surface area contributed by atoms with Gasteiger partial charge in [-0.1, -0.05) is 6.07 Å². The van der Waals surface area contributed by atoms with Crippen LogP contribution in [0.4, 0.5) is 8.78 Å². The van der Waals surface area contributed by atoms with Crippen LogP contribution in [0.25, 0.3) is 0 Å². The Balaban J connectivity index is 2.29. The molecule has 2 N–H and O–H groups in total. The van der Waals surface area contributed by atoms with Crippen LogP contribution in [0.1, 0.15) is 15.9 Å². The number of hydrogen-bond acceptors (Lipinski definition) is 6. The first-order chi connectivity index (χ1) is 13.6. The summed E-state index contributed by atoms with van der Waals surface area (Å²) in [6.07, 6.45) is 0. The number of nitrogens with two attached hydrogens (primary N) is 1. The fourth-order valence-electron chi connectivity index (χ4n) is 2.59. The molecule has 0 aliphatic rings. The van der Waals surface area contributed by atoms with Gasteiger partial charge in [0.2, 0.25) is 10.0 Å². The lowest BCUT2D eigenvalue weighted by molar-refractivity contribution is -0.0512. The summed E-state index contributed by atoms with van der Waals surface area (Å²) >= 11 is 0. The third kappa shape index (κ3) is 5.55. The van der Waals surface area contributed by atoms with Crippen LogP contribution in [0.15, 0.2) is 41.3 Å². The average molecular weight is 430 g/mol. The van der Waals surface area contributed by atoms with Crippen molar-refractivity contribution in [1.29, 1.82) is 0 Å². The molecule has 0 fully saturated rings. The van der Waals surface area contributed by atoms with Crippen molar-refractivity contribution in [2.24, 2.45) is 5.14 Å². The summed E-state index contributed by atoms with van der Waals surface area (Å²) in [4.78, 5) is 13.9. The Morgan fingerprint density at radius 1 is 1.07 bits per heavy atom. The van der Waals surface area contributed by atoms with E-state index >= 15 is 0 Å². The highest BCUT2D eigenvalue weighted by molar-refractivity contribution is 7.89. The van der Waals surface area contributed by atoms with Crippen LogP contribution in [0.5, 0.6) is 17.2 Å². The molecule has 2 aromatic carbocycles. The highest BCUT2D eigenvalue weighted by Crippen LogP contribution is 2.30. The normalized spacial score (nSPS) is 11.3. The molecule has 2 aromatic rings. The number of rotatable bonds is 8. The zero-order chi connectivity index (χ0) is 21.8. The number of hydrogen-bond donors (Lipinski definition) is 1. The van der Waals surface area contributed by atoms with Gasteiger partial charge in [-0.25, -0.2) is 13.6 Å². The summed E-state index contributed by atoms with van der Waals surface area (Å²) in [7, 11) is 0.121. The number of primary sulfonamides is 1. The van der Waals surface area contributed by atoms with Gasteiger partial charge in [-0.2, -0.15) is 8.78 Å². The molecule has 0 saturated carbocycles. The first-order valence-electron chi connectivity index (χ1n) is 8.14. The first kappa shape index (κ1) is 22.4. The third-order valence-electron chi connectivity index (χ3n) is 3.94. The van der Waals surface area contributed by atoms with E-state index in [1.54, 1.807) is 0 Å². The summed E-state index contributed by atoms with van der Waals surface area (Å²) in [5.74, 6) is -0.410. The Morgan fingerprint density at radius 2 is 1.69 bits per heavy atom. The number of nitrogens with zero attached hydrogens (tertiary/aromatic N) is 1. The summed E-state index contributed by atoms with van der Waals surface area (Å²) in [5.41, 5.74) is 0.576. The van der Waals surface area contributed by atoms with Gasteiger partial charge in [0.1, 0.15) is 5.75 Å². The van der Waals surface area contributed by atoms with Crippen molar-refractivity contribution in [3.05, 3.63) is 47.5 Å². The topological polar surface area (TPSA) is 108 Å². The van der Waals surface area contributed by atoms with Gasteiger partial charge in [0.15, 0.2) is 11.5 Å². The number of carbonyl (C=O) groups is 1. The van der Waals surface area contributed by atoms with E-state index in [1.807, 2.05) is 0 Å². The van der Waals surface area contributed by atoms with Gasteiger partial charge in [-0.05, 0) is 35.9 Å². The number of sulfonamides is 1. The predicted octanol–water partition coefficient (Wildman–Crippen LogP) is 2.22. The molecule has 0 unspecified atom stereocenters. The van der Waals surface area contributed by atoms with Crippen LogP contribution in [-0.4, -0.2) is 47.1 Å². The number of ether oxygens (including phenoxy) is 3. The molecule has 0 spiro atoms. The van der Waals surface area contributed by atoms with Crippen LogP contribution < -0.4 is 19.3 Å². The average Bonchev–Trinajstić information content (AvgIpc) is 2.66. The van der Waals surface area contributed by atoms with Crippen molar-refractivity contribution in [3.8, 4) is 17.2 Å². The minimum atomic E-state index is -4.01. The molecule has 2 rings (SSSR count). The molecule has 8 nitrogen and oxygen atoms in total. The zero-order valence-corrected chi connectivity index (χ0v) is 16.7. The van der Waals surface area contributed by atoms with Gasteiger partial charge >= 0.3 is 6.61 Å². The van der Waals surface area contributed by atoms with E-state index in [4.69, 9.17) is 14.6 Å². The van der Waals surface area contributed by atoms with Gasteiger partial charge in [0.25, 0.3) is 5.91 Å². The van der Waals surface area contributed by atoms with Crippen LogP contribution in [0.2, 0.25) is 0 Å². The summed E-state index contributed by atoms with van der Waals surface area (Å²) in [6.45, 7) is -2.93. The number of amides is 1. The Bertz CT molecular complexity index is 998. The van der Waals surface area contributed by atoms with Crippen molar-refractivity contribution in [2.75, 3.05) is 21.3 Å². The Kier molecular flexibility index (Phi) is 6.98. The second-order valence-electron chi connectivity index (χ2n) is 5.93. The molecule has 0 heterocycles. The summed E-state index contributed by atoms with van der Waals surface area (Å²) in [5, 5.41) is 5.12. The van der Waals surface area contributed by atoms with E-state index in [2.05, 4.69) is 4.74 Å². The number of benzene rings is 2. The van der Waals surface area contributed by atoms with Crippen molar-refractivity contribution in [2.45, 2.75) is 18.1 Å². The molecular formula is C18H20F2N2O6S. The lowest BCUT2D eigenvalue weighted by atomic mass is 10.1. The van der Waals surface area contributed by atoms with Gasteiger partial charge < -0.3 is 19.1 Å². The van der Waals surface area contributed by atoms with Crippen LogP contribution in [0, 0.1) is 0 Å². The quantitative estimate of drug-likeness (QED) is 0.688.